The molecule has 2 aliphatic rings. The minimum Gasteiger partial charge on any atom is -0.479 e. The monoisotopic (exact) mass is 454 g/mol. The van der Waals surface area contributed by atoms with Crippen molar-refractivity contribution in [2.24, 2.45) is 0 Å². The van der Waals surface area contributed by atoms with Crippen LogP contribution in [0.25, 0.3) is 5.57 Å². The number of carboxylic acid groups (broad SMARTS) is 1. The number of fused-ring (bicyclic) bond motifs is 2. The fraction of sp³-hybridized carbons (Fsp3) is 0.423. The van der Waals surface area contributed by atoms with Crippen LogP contribution < -0.4 is 0 Å². The number of aliphatic hydroxyl groups excluding tert-OH is 3. The van der Waals surface area contributed by atoms with Crippen LogP contribution in [0.3, 0.4) is 0 Å². The topological polar surface area (TPSA) is 107 Å². The Labute approximate surface area is 193 Å². The molecule has 2 aromatic carbocycles. The molecule has 1 unspecified atom stereocenters. The van der Waals surface area contributed by atoms with E-state index in [4.69, 9.17) is 4.74 Å². The number of carboxylic acids is 1. The van der Waals surface area contributed by atoms with Gasteiger partial charge in [-0.3, -0.25) is 0 Å². The maximum atomic E-state index is 11.5. The summed E-state index contributed by atoms with van der Waals surface area (Å²) in [7, 11) is 3.65. The van der Waals surface area contributed by atoms with E-state index in [9.17, 15) is 25.2 Å². The second kappa shape index (κ2) is 9.37. The van der Waals surface area contributed by atoms with Crippen molar-refractivity contribution in [1.82, 2.24) is 0 Å². The van der Waals surface area contributed by atoms with Gasteiger partial charge in [-0.15, -0.1) is 0 Å². The smallest absolute Gasteiger partial charge is 0.335 e. The second-order valence-electron chi connectivity index (χ2n) is 9.48. The van der Waals surface area contributed by atoms with Crippen molar-refractivity contribution in [2.45, 2.75) is 49.9 Å². The Morgan fingerprint density at radius 1 is 0.939 bits per heavy atom. The zero-order chi connectivity index (χ0) is 23.8. The largest absolute Gasteiger partial charge is 0.479 e. The SMILES string of the molecule is C[N+](C)(CCC=C1c2ccccc2CCc2ccccc21)C1O[C@H](C(=O)O)[C@@H](O)[C@H](O)[C@H]1O. The number of aliphatic hydroxyl groups is 3. The Balaban J connectivity index is 1.59. The first-order valence-corrected chi connectivity index (χ1v) is 11.3. The molecule has 0 saturated carbocycles. The molecule has 0 amide bonds. The van der Waals surface area contributed by atoms with Crippen LogP contribution >= 0.6 is 0 Å². The Hall–Kier alpha value is -2.55. The fourth-order valence-corrected chi connectivity index (χ4v) is 4.95. The molecule has 4 rings (SSSR count). The molecule has 7 heteroatoms. The van der Waals surface area contributed by atoms with Crippen LogP contribution in [0.5, 0.6) is 0 Å². The highest BCUT2D eigenvalue weighted by molar-refractivity contribution is 5.83. The van der Waals surface area contributed by atoms with Gasteiger partial charge in [0.1, 0.15) is 12.2 Å². The van der Waals surface area contributed by atoms with Gasteiger partial charge < -0.3 is 29.6 Å². The van der Waals surface area contributed by atoms with Crippen molar-refractivity contribution in [3.8, 4) is 0 Å². The fourth-order valence-electron chi connectivity index (χ4n) is 4.95. The maximum absolute atomic E-state index is 11.5. The Kier molecular flexibility index (Phi) is 6.70. The molecular formula is C26H32NO6+. The van der Waals surface area contributed by atoms with Crippen LogP contribution in [0.15, 0.2) is 54.6 Å². The molecule has 1 aliphatic carbocycles. The third-order valence-electron chi connectivity index (χ3n) is 6.85. The summed E-state index contributed by atoms with van der Waals surface area (Å²) in [6.45, 7) is 0.532. The first-order chi connectivity index (χ1) is 15.7. The molecule has 0 bridgehead atoms. The van der Waals surface area contributed by atoms with Gasteiger partial charge >= 0.3 is 5.97 Å². The maximum Gasteiger partial charge on any atom is 0.335 e. The van der Waals surface area contributed by atoms with Gasteiger partial charge in [-0.05, 0) is 40.7 Å². The van der Waals surface area contributed by atoms with Gasteiger partial charge in [0.2, 0.25) is 6.23 Å². The lowest BCUT2D eigenvalue weighted by atomic mass is 9.93. The minimum absolute atomic E-state index is 0.127. The van der Waals surface area contributed by atoms with E-state index in [-0.39, 0.29) is 4.48 Å². The van der Waals surface area contributed by atoms with Crippen molar-refractivity contribution in [1.29, 1.82) is 0 Å². The number of nitrogens with zero attached hydrogens (tertiary/aromatic N) is 1. The number of quaternary nitrogens is 1. The highest BCUT2D eigenvalue weighted by atomic mass is 16.6. The van der Waals surface area contributed by atoms with E-state index in [2.05, 4.69) is 42.5 Å². The molecule has 33 heavy (non-hydrogen) atoms. The van der Waals surface area contributed by atoms with E-state index in [1.165, 1.54) is 27.8 Å². The molecule has 176 valence electrons. The number of hydrogen-bond acceptors (Lipinski definition) is 5. The number of aliphatic carboxylic acids is 1. The molecule has 0 aromatic heterocycles. The quantitative estimate of drug-likeness (QED) is 0.511. The van der Waals surface area contributed by atoms with Crippen molar-refractivity contribution < 1.29 is 34.4 Å². The molecule has 1 saturated heterocycles. The second-order valence-corrected chi connectivity index (χ2v) is 9.48. The van der Waals surface area contributed by atoms with Crippen molar-refractivity contribution in [3.05, 3.63) is 76.9 Å². The molecule has 0 spiro atoms. The van der Waals surface area contributed by atoms with Crippen LogP contribution in [0.1, 0.15) is 28.7 Å². The lowest BCUT2D eigenvalue weighted by Crippen LogP contribution is -2.68. The van der Waals surface area contributed by atoms with Crippen LogP contribution in [-0.4, -0.2) is 82.2 Å². The van der Waals surface area contributed by atoms with Gasteiger partial charge in [0.25, 0.3) is 0 Å². The van der Waals surface area contributed by atoms with Crippen molar-refractivity contribution in [3.63, 3.8) is 0 Å². The molecular weight excluding hydrogens is 422 g/mol. The van der Waals surface area contributed by atoms with E-state index in [0.29, 0.717) is 13.0 Å². The number of ether oxygens (including phenoxy) is 1. The summed E-state index contributed by atoms with van der Waals surface area (Å²) in [6, 6.07) is 16.8. The van der Waals surface area contributed by atoms with Crippen molar-refractivity contribution in [2.75, 3.05) is 20.6 Å². The van der Waals surface area contributed by atoms with E-state index >= 15 is 0 Å². The standard InChI is InChI=1S/C26H31NO6/c1-27(2,25-23(30)21(28)22(29)24(33-25)26(31)32)15-7-12-20-18-10-5-3-8-16(18)13-14-17-9-4-6-11-19(17)20/h3-6,8-12,21-25,28-30H,7,13-15H2,1-2H3/p+1/t21-,22-,23+,24-,25?/m0/s1. The lowest BCUT2D eigenvalue weighted by molar-refractivity contribution is -0.944. The van der Waals surface area contributed by atoms with Crippen LogP contribution in [0.4, 0.5) is 0 Å². The molecule has 4 N–H and O–H groups in total. The summed E-state index contributed by atoms with van der Waals surface area (Å²) in [5.41, 5.74) is 6.21. The van der Waals surface area contributed by atoms with Gasteiger partial charge in [0, 0.05) is 6.42 Å². The summed E-state index contributed by atoms with van der Waals surface area (Å²) < 4.78 is 5.70. The van der Waals surface area contributed by atoms with Gasteiger partial charge in [-0.25, -0.2) is 4.79 Å². The number of benzene rings is 2. The number of aryl methyl sites for hydroxylation is 2. The Bertz CT molecular complexity index is 999. The third-order valence-corrected chi connectivity index (χ3v) is 6.85. The lowest BCUT2D eigenvalue weighted by Gasteiger charge is -2.46. The van der Waals surface area contributed by atoms with Gasteiger partial charge in [-0.2, -0.15) is 0 Å². The molecule has 5 atom stereocenters. The van der Waals surface area contributed by atoms with E-state index in [0.717, 1.165) is 12.8 Å². The number of carbonyl (C=O) groups is 1. The average Bonchev–Trinajstić information content (AvgIpc) is 2.94. The minimum atomic E-state index is -1.69. The molecule has 1 fully saturated rings. The van der Waals surface area contributed by atoms with Crippen molar-refractivity contribution >= 4 is 11.5 Å². The zero-order valence-electron chi connectivity index (χ0n) is 19.0. The summed E-state index contributed by atoms with van der Waals surface area (Å²) >= 11 is 0. The third kappa shape index (κ3) is 4.60. The first-order valence-electron chi connectivity index (χ1n) is 11.3. The van der Waals surface area contributed by atoms with Crippen LogP contribution in [-0.2, 0) is 22.4 Å². The predicted molar refractivity (Wildman–Crippen MR) is 123 cm³/mol. The Morgan fingerprint density at radius 2 is 1.48 bits per heavy atom. The summed E-state index contributed by atoms with van der Waals surface area (Å²) in [5, 5.41) is 40.1. The van der Waals surface area contributed by atoms with Gasteiger partial charge in [-0.1, -0.05) is 54.6 Å². The van der Waals surface area contributed by atoms with Crippen LogP contribution in [0, 0.1) is 0 Å². The van der Waals surface area contributed by atoms with E-state index in [1.54, 1.807) is 0 Å². The number of likely N-dealkylation sites (N-methyl/N-ethyl adjacent to an activating group) is 1. The summed E-state index contributed by atoms with van der Waals surface area (Å²) in [5.74, 6) is -1.37. The Morgan fingerprint density at radius 3 is 2.03 bits per heavy atom. The molecule has 7 nitrogen and oxygen atoms in total. The highest BCUT2D eigenvalue weighted by Gasteiger charge is 2.52. The summed E-state index contributed by atoms with van der Waals surface area (Å²) in [4.78, 5) is 11.5. The van der Waals surface area contributed by atoms with Gasteiger partial charge in [0.15, 0.2) is 12.2 Å². The van der Waals surface area contributed by atoms with E-state index in [1.807, 2.05) is 26.2 Å². The van der Waals surface area contributed by atoms with Crippen LogP contribution in [0.2, 0.25) is 0 Å². The zero-order valence-corrected chi connectivity index (χ0v) is 19.0. The first kappa shape index (κ1) is 23.6. The normalized spacial score (nSPS) is 27.3. The van der Waals surface area contributed by atoms with E-state index < -0.39 is 36.6 Å². The number of rotatable bonds is 5. The van der Waals surface area contributed by atoms with Gasteiger partial charge in [0.05, 0.1) is 20.6 Å². The molecule has 0 radical (unpaired) electrons. The molecule has 1 heterocycles. The number of hydrogen-bond donors (Lipinski definition) is 4. The predicted octanol–water partition coefficient (Wildman–Crippen LogP) is 1.58. The highest BCUT2D eigenvalue weighted by Crippen LogP contribution is 2.34. The summed E-state index contributed by atoms with van der Waals surface area (Å²) in [6.07, 6.45) is -2.47. The molecule has 1 aliphatic heterocycles. The molecule has 2 aromatic rings. The average molecular weight is 455 g/mol.